The summed E-state index contributed by atoms with van der Waals surface area (Å²) < 4.78 is 0. The predicted molar refractivity (Wildman–Crippen MR) is 145 cm³/mol. The Balaban J connectivity index is 2.32. The molecule has 3 amide bonds. The molecule has 0 heterocycles. The maximum atomic E-state index is 13.5. The Morgan fingerprint density at radius 3 is 1.68 bits per heavy atom. The Hall–Kier alpha value is -4.45. The van der Waals surface area contributed by atoms with E-state index in [0.717, 1.165) is 0 Å². The highest BCUT2D eigenvalue weighted by molar-refractivity contribution is 5.95. The molecule has 8 N–H and O–H groups in total. The average Bonchev–Trinajstić information content (AvgIpc) is 2.88. The highest BCUT2D eigenvalue weighted by atomic mass is 16.4. The highest BCUT2D eigenvalue weighted by Gasteiger charge is 2.31. The molecular formula is C28H36N4O8. The van der Waals surface area contributed by atoms with Crippen LogP contribution in [0.15, 0.2) is 54.6 Å². The quantitative estimate of drug-likeness (QED) is 0.163. The number of carbonyl (C=O) groups excluding carboxylic acids is 3. The van der Waals surface area contributed by atoms with Gasteiger partial charge in [0, 0.05) is 12.8 Å². The van der Waals surface area contributed by atoms with Crippen molar-refractivity contribution in [3.05, 3.63) is 65.7 Å². The van der Waals surface area contributed by atoms with E-state index in [0.29, 0.717) is 17.5 Å². The van der Waals surface area contributed by atoms with Crippen molar-refractivity contribution >= 4 is 29.7 Å². The first kappa shape index (κ1) is 31.8. The maximum Gasteiger partial charge on any atom is 0.326 e. The van der Waals surface area contributed by atoms with Crippen LogP contribution in [0.5, 0.6) is 5.75 Å². The molecule has 12 heteroatoms. The second-order valence-corrected chi connectivity index (χ2v) is 9.92. The van der Waals surface area contributed by atoms with E-state index >= 15 is 0 Å². The monoisotopic (exact) mass is 556 g/mol. The second-order valence-electron chi connectivity index (χ2n) is 9.92. The largest absolute Gasteiger partial charge is 0.508 e. The number of amides is 3. The minimum Gasteiger partial charge on any atom is -0.508 e. The second kappa shape index (κ2) is 15.2. The van der Waals surface area contributed by atoms with Crippen LogP contribution in [0.1, 0.15) is 37.8 Å². The molecule has 4 unspecified atom stereocenters. The Kier molecular flexibility index (Phi) is 12.1. The zero-order valence-corrected chi connectivity index (χ0v) is 22.4. The number of aromatic hydroxyl groups is 1. The first-order valence-corrected chi connectivity index (χ1v) is 12.8. The lowest BCUT2D eigenvalue weighted by molar-refractivity contribution is -0.147. The first-order valence-electron chi connectivity index (χ1n) is 12.8. The summed E-state index contributed by atoms with van der Waals surface area (Å²) in [6.45, 7) is 3.80. The van der Waals surface area contributed by atoms with Crippen LogP contribution in [-0.2, 0) is 36.8 Å². The molecule has 216 valence electrons. The lowest BCUT2D eigenvalue weighted by atomic mass is 10.0. The molecule has 0 fully saturated rings. The summed E-state index contributed by atoms with van der Waals surface area (Å²) in [5, 5.41) is 35.4. The molecule has 2 rings (SSSR count). The van der Waals surface area contributed by atoms with Crippen LogP contribution >= 0.6 is 0 Å². The lowest BCUT2D eigenvalue weighted by Crippen LogP contribution is -2.58. The molecule has 0 aliphatic carbocycles. The summed E-state index contributed by atoms with van der Waals surface area (Å²) in [5.41, 5.74) is 7.26. The van der Waals surface area contributed by atoms with Crippen molar-refractivity contribution < 1.29 is 39.3 Å². The van der Waals surface area contributed by atoms with Crippen LogP contribution in [0.25, 0.3) is 0 Å². The van der Waals surface area contributed by atoms with Gasteiger partial charge in [0.1, 0.15) is 23.9 Å². The van der Waals surface area contributed by atoms with Gasteiger partial charge in [0.05, 0.1) is 12.5 Å². The third kappa shape index (κ3) is 10.7. The Bertz CT molecular complexity index is 1170. The Labute approximate surface area is 232 Å². The molecule has 0 aliphatic rings. The summed E-state index contributed by atoms with van der Waals surface area (Å²) in [7, 11) is 0. The third-order valence-corrected chi connectivity index (χ3v) is 5.98. The van der Waals surface area contributed by atoms with Crippen LogP contribution < -0.4 is 21.7 Å². The first-order chi connectivity index (χ1) is 18.8. The number of hydrogen-bond acceptors (Lipinski definition) is 7. The molecule has 40 heavy (non-hydrogen) atoms. The van der Waals surface area contributed by atoms with Gasteiger partial charge in [-0.3, -0.25) is 19.2 Å². The van der Waals surface area contributed by atoms with Crippen molar-refractivity contribution in [1.82, 2.24) is 16.0 Å². The molecule has 4 atom stereocenters. The highest BCUT2D eigenvalue weighted by Crippen LogP contribution is 2.13. The minimum atomic E-state index is -1.72. The molecule has 0 bridgehead atoms. The van der Waals surface area contributed by atoms with Crippen molar-refractivity contribution in [2.75, 3.05) is 0 Å². The van der Waals surface area contributed by atoms with E-state index in [2.05, 4.69) is 16.0 Å². The molecular weight excluding hydrogens is 520 g/mol. The van der Waals surface area contributed by atoms with Crippen LogP contribution in [0.3, 0.4) is 0 Å². The normalized spacial score (nSPS) is 13.9. The van der Waals surface area contributed by atoms with Crippen molar-refractivity contribution in [3.8, 4) is 5.75 Å². The summed E-state index contributed by atoms with van der Waals surface area (Å²) in [6.07, 6.45) is -0.522. The molecule has 0 saturated heterocycles. The lowest BCUT2D eigenvalue weighted by Gasteiger charge is -2.25. The summed E-state index contributed by atoms with van der Waals surface area (Å²) in [5.74, 6) is -5.04. The molecule has 12 nitrogen and oxygen atoms in total. The van der Waals surface area contributed by atoms with Crippen LogP contribution in [-0.4, -0.2) is 69.1 Å². The molecule has 0 aliphatic heterocycles. The van der Waals surface area contributed by atoms with E-state index in [-0.39, 0.29) is 24.5 Å². The van der Waals surface area contributed by atoms with Crippen molar-refractivity contribution in [2.45, 2.75) is 63.7 Å². The molecule has 2 aromatic carbocycles. The van der Waals surface area contributed by atoms with E-state index in [1.165, 1.54) is 12.1 Å². The summed E-state index contributed by atoms with van der Waals surface area (Å²) in [4.78, 5) is 62.1. The standard InChI is InChI=1S/C28H36N4O8/c1-16(2)12-20(29)25(36)30-21(14-18-8-10-19(33)11-9-18)26(37)31-22(13-17-6-4-3-5-7-17)27(38)32-23(28(39)40)15-24(34)35/h3-11,16,20-23,33H,12-15,29H2,1-2H3,(H,30,36)(H,31,37)(H,32,38)(H,34,35)(H,39,40). The Morgan fingerprint density at radius 2 is 1.20 bits per heavy atom. The minimum absolute atomic E-state index is 0.00267. The van der Waals surface area contributed by atoms with E-state index in [4.69, 9.17) is 10.8 Å². The number of carboxylic acid groups (broad SMARTS) is 2. The van der Waals surface area contributed by atoms with Gasteiger partial charge in [0.15, 0.2) is 0 Å². The Morgan fingerprint density at radius 1 is 0.725 bits per heavy atom. The number of rotatable bonds is 15. The van der Waals surface area contributed by atoms with E-state index in [9.17, 15) is 34.2 Å². The SMILES string of the molecule is CC(C)CC(N)C(=O)NC(Cc1ccc(O)cc1)C(=O)NC(Cc1ccccc1)C(=O)NC(CC(=O)O)C(=O)O. The maximum absolute atomic E-state index is 13.5. The number of carboxylic acids is 2. The van der Waals surface area contributed by atoms with E-state index in [1.807, 2.05) is 13.8 Å². The molecule has 0 aromatic heterocycles. The number of nitrogens with two attached hydrogens (primary N) is 1. The van der Waals surface area contributed by atoms with Crippen molar-refractivity contribution in [3.63, 3.8) is 0 Å². The number of benzene rings is 2. The van der Waals surface area contributed by atoms with Crippen molar-refractivity contribution in [1.29, 1.82) is 0 Å². The zero-order chi connectivity index (χ0) is 29.8. The number of phenols is 1. The molecule has 0 spiro atoms. The fourth-order valence-corrected chi connectivity index (χ4v) is 3.95. The van der Waals surface area contributed by atoms with Gasteiger partial charge in [-0.2, -0.15) is 0 Å². The van der Waals surface area contributed by atoms with Gasteiger partial charge in [0.25, 0.3) is 0 Å². The third-order valence-electron chi connectivity index (χ3n) is 5.98. The van der Waals surface area contributed by atoms with Crippen molar-refractivity contribution in [2.24, 2.45) is 11.7 Å². The summed E-state index contributed by atoms with van der Waals surface area (Å²) in [6, 6.07) is 9.55. The number of hydrogen-bond donors (Lipinski definition) is 7. The van der Waals surface area contributed by atoms with E-state index < -0.39 is 60.2 Å². The van der Waals surface area contributed by atoms with Gasteiger partial charge in [-0.05, 0) is 35.6 Å². The zero-order valence-electron chi connectivity index (χ0n) is 22.4. The fraction of sp³-hybridized carbons (Fsp3) is 0.393. The number of carbonyl (C=O) groups is 5. The van der Waals surface area contributed by atoms with Gasteiger partial charge in [-0.1, -0.05) is 56.3 Å². The van der Waals surface area contributed by atoms with Gasteiger partial charge < -0.3 is 37.0 Å². The molecule has 0 radical (unpaired) electrons. The number of phenolic OH excluding ortho intramolecular Hbond substituents is 1. The summed E-state index contributed by atoms with van der Waals surface area (Å²) >= 11 is 0. The van der Waals surface area contributed by atoms with Crippen LogP contribution in [0, 0.1) is 5.92 Å². The molecule has 2 aromatic rings. The van der Waals surface area contributed by atoms with Gasteiger partial charge >= 0.3 is 11.9 Å². The smallest absolute Gasteiger partial charge is 0.326 e. The van der Waals surface area contributed by atoms with Crippen LogP contribution in [0.4, 0.5) is 0 Å². The van der Waals surface area contributed by atoms with Crippen LogP contribution in [0.2, 0.25) is 0 Å². The van der Waals surface area contributed by atoms with Gasteiger partial charge in [-0.15, -0.1) is 0 Å². The average molecular weight is 557 g/mol. The predicted octanol–water partition coefficient (Wildman–Crippen LogP) is 0.565. The molecule has 0 saturated carbocycles. The number of nitrogens with one attached hydrogen (secondary N) is 3. The van der Waals surface area contributed by atoms with Gasteiger partial charge in [0.2, 0.25) is 17.7 Å². The van der Waals surface area contributed by atoms with Gasteiger partial charge in [-0.25, -0.2) is 4.79 Å². The van der Waals surface area contributed by atoms with E-state index in [1.54, 1.807) is 42.5 Å². The fourth-order valence-electron chi connectivity index (χ4n) is 3.95. The number of aliphatic carboxylic acids is 2. The topological polar surface area (TPSA) is 208 Å².